The number of esters is 2. The van der Waals surface area contributed by atoms with Crippen LogP contribution in [0.25, 0.3) is 0 Å². The van der Waals surface area contributed by atoms with Crippen molar-refractivity contribution in [3.63, 3.8) is 0 Å². The zero-order valence-electron chi connectivity index (χ0n) is 9.42. The van der Waals surface area contributed by atoms with Gasteiger partial charge in [-0.3, -0.25) is 9.59 Å². The summed E-state index contributed by atoms with van der Waals surface area (Å²) in [5.74, 6) is -0.862. The van der Waals surface area contributed by atoms with Gasteiger partial charge < -0.3 is 9.47 Å². The molecule has 0 aliphatic rings. The number of ether oxygens (including phenoxy) is 2. The van der Waals surface area contributed by atoms with Crippen LogP contribution in [0.1, 0.15) is 27.7 Å². The molecule has 0 unspecified atom stereocenters. The predicted molar refractivity (Wildman–Crippen MR) is 51.6 cm³/mol. The van der Waals surface area contributed by atoms with E-state index in [4.69, 9.17) is 4.74 Å². The molecule has 4 nitrogen and oxygen atoms in total. The normalized spacial score (nSPS) is 11.3. The summed E-state index contributed by atoms with van der Waals surface area (Å²) in [6, 6.07) is 0. The fraction of sp³-hybridized carbons (Fsp3) is 0.800. The van der Waals surface area contributed by atoms with Crippen molar-refractivity contribution in [1.82, 2.24) is 0 Å². The Morgan fingerprint density at radius 3 is 2.14 bits per heavy atom. The highest BCUT2D eigenvalue weighted by molar-refractivity contribution is 5.77. The Morgan fingerprint density at radius 2 is 1.79 bits per heavy atom. The van der Waals surface area contributed by atoms with Gasteiger partial charge in [0.15, 0.2) is 0 Å². The van der Waals surface area contributed by atoms with E-state index in [1.165, 1.54) is 7.11 Å². The Morgan fingerprint density at radius 1 is 1.29 bits per heavy atom. The lowest BCUT2D eigenvalue weighted by molar-refractivity contribution is -0.160. The molecule has 0 saturated carbocycles. The second-order valence-corrected chi connectivity index (χ2v) is 4.14. The molecule has 0 bridgehead atoms. The largest absolute Gasteiger partial charge is 0.469 e. The number of carbonyl (C=O) groups excluding carboxylic acids is 2. The van der Waals surface area contributed by atoms with E-state index in [1.54, 1.807) is 27.7 Å². The van der Waals surface area contributed by atoms with Crippen molar-refractivity contribution in [3.05, 3.63) is 0 Å². The Balaban J connectivity index is 4.12. The van der Waals surface area contributed by atoms with E-state index >= 15 is 0 Å². The number of hydrogen-bond acceptors (Lipinski definition) is 4. The molecule has 4 heteroatoms. The highest BCUT2D eigenvalue weighted by Gasteiger charge is 2.30. The maximum atomic E-state index is 11.2. The van der Waals surface area contributed by atoms with E-state index < -0.39 is 5.41 Å². The fourth-order valence-electron chi connectivity index (χ4n) is 0.753. The fourth-order valence-corrected chi connectivity index (χ4v) is 0.753. The monoisotopic (exact) mass is 202 g/mol. The maximum Gasteiger partial charge on any atom is 0.314 e. The Bertz CT molecular complexity index is 218. The quantitative estimate of drug-likeness (QED) is 0.646. The third-order valence-corrected chi connectivity index (χ3v) is 1.78. The first-order valence-corrected chi connectivity index (χ1v) is 4.56. The van der Waals surface area contributed by atoms with E-state index in [1.807, 2.05) is 0 Å². The summed E-state index contributed by atoms with van der Waals surface area (Å²) in [7, 11) is 1.31. The van der Waals surface area contributed by atoms with Gasteiger partial charge in [0.1, 0.15) is 6.61 Å². The minimum Gasteiger partial charge on any atom is -0.469 e. The summed E-state index contributed by atoms with van der Waals surface area (Å²) >= 11 is 0. The van der Waals surface area contributed by atoms with Crippen LogP contribution in [0.3, 0.4) is 0 Å². The van der Waals surface area contributed by atoms with Crippen LogP contribution in [-0.4, -0.2) is 25.7 Å². The molecule has 0 saturated heterocycles. The summed E-state index contributed by atoms with van der Waals surface area (Å²) in [6.07, 6.45) is 0. The van der Waals surface area contributed by atoms with E-state index in [0.29, 0.717) is 0 Å². The van der Waals surface area contributed by atoms with Crippen LogP contribution in [0, 0.1) is 11.3 Å². The SMILES string of the molecule is COC(=O)C(C)(C)COC(=O)C(C)C. The molecular weight excluding hydrogens is 184 g/mol. The molecule has 82 valence electrons. The minimum atomic E-state index is -0.778. The van der Waals surface area contributed by atoms with Crippen LogP contribution in [0.2, 0.25) is 0 Å². The second-order valence-electron chi connectivity index (χ2n) is 4.14. The van der Waals surface area contributed by atoms with E-state index in [-0.39, 0.29) is 24.5 Å². The number of methoxy groups -OCH3 is 1. The Hall–Kier alpha value is -1.06. The first kappa shape index (κ1) is 12.9. The first-order chi connectivity index (χ1) is 6.31. The molecule has 0 fully saturated rings. The summed E-state index contributed by atoms with van der Waals surface area (Å²) < 4.78 is 9.53. The standard InChI is InChI=1S/C10H18O4/c1-7(2)8(11)14-6-10(3,4)9(12)13-5/h7H,6H2,1-5H3. The van der Waals surface area contributed by atoms with Crippen molar-refractivity contribution in [2.45, 2.75) is 27.7 Å². The first-order valence-electron chi connectivity index (χ1n) is 4.56. The van der Waals surface area contributed by atoms with Crippen molar-refractivity contribution in [1.29, 1.82) is 0 Å². The van der Waals surface area contributed by atoms with Gasteiger partial charge in [-0.05, 0) is 13.8 Å². The van der Waals surface area contributed by atoms with Crippen molar-refractivity contribution < 1.29 is 19.1 Å². The van der Waals surface area contributed by atoms with Crippen LogP contribution in [0.5, 0.6) is 0 Å². The molecule has 0 heterocycles. The van der Waals surface area contributed by atoms with Gasteiger partial charge >= 0.3 is 11.9 Å². The molecule has 0 N–H and O–H groups in total. The lowest BCUT2D eigenvalue weighted by Crippen LogP contribution is -2.32. The molecule has 0 rings (SSSR count). The molecule has 0 aliphatic heterocycles. The molecule has 0 radical (unpaired) electrons. The third-order valence-electron chi connectivity index (χ3n) is 1.78. The molecule has 0 spiro atoms. The molecule has 0 aromatic carbocycles. The van der Waals surface area contributed by atoms with Gasteiger partial charge in [-0.15, -0.1) is 0 Å². The van der Waals surface area contributed by atoms with Crippen molar-refractivity contribution >= 4 is 11.9 Å². The lowest BCUT2D eigenvalue weighted by atomic mass is 9.95. The van der Waals surface area contributed by atoms with Gasteiger partial charge in [-0.1, -0.05) is 13.8 Å². The van der Waals surface area contributed by atoms with E-state index in [9.17, 15) is 9.59 Å². The van der Waals surface area contributed by atoms with E-state index in [0.717, 1.165) is 0 Å². The van der Waals surface area contributed by atoms with Gasteiger partial charge in [-0.25, -0.2) is 0 Å². The smallest absolute Gasteiger partial charge is 0.314 e. The highest BCUT2D eigenvalue weighted by atomic mass is 16.5. The van der Waals surface area contributed by atoms with Crippen LogP contribution in [0.4, 0.5) is 0 Å². The van der Waals surface area contributed by atoms with Gasteiger partial charge in [0.2, 0.25) is 0 Å². The highest BCUT2D eigenvalue weighted by Crippen LogP contribution is 2.17. The number of carbonyl (C=O) groups is 2. The average Bonchev–Trinajstić information content (AvgIpc) is 2.12. The molecule has 0 aromatic heterocycles. The van der Waals surface area contributed by atoms with E-state index in [2.05, 4.69) is 4.74 Å². The van der Waals surface area contributed by atoms with Crippen LogP contribution >= 0.6 is 0 Å². The average molecular weight is 202 g/mol. The predicted octanol–water partition coefficient (Wildman–Crippen LogP) is 1.38. The molecule has 14 heavy (non-hydrogen) atoms. The molecule has 0 aliphatic carbocycles. The zero-order chi connectivity index (χ0) is 11.4. The van der Waals surface area contributed by atoms with Crippen molar-refractivity contribution in [2.75, 3.05) is 13.7 Å². The summed E-state index contributed by atoms with van der Waals surface area (Å²) in [5.41, 5.74) is -0.778. The molecule has 0 amide bonds. The summed E-state index contributed by atoms with van der Waals surface area (Å²) in [5, 5.41) is 0. The van der Waals surface area contributed by atoms with Crippen LogP contribution in [-0.2, 0) is 19.1 Å². The lowest BCUT2D eigenvalue weighted by Gasteiger charge is -2.21. The minimum absolute atomic E-state index is 0.0523. The molecule has 0 atom stereocenters. The summed E-state index contributed by atoms with van der Waals surface area (Å²) in [6.45, 7) is 6.89. The third kappa shape index (κ3) is 3.77. The van der Waals surface area contributed by atoms with Gasteiger partial charge in [0, 0.05) is 0 Å². The van der Waals surface area contributed by atoms with Crippen molar-refractivity contribution in [2.24, 2.45) is 11.3 Å². The second kappa shape index (κ2) is 4.98. The van der Waals surface area contributed by atoms with Gasteiger partial charge in [0.25, 0.3) is 0 Å². The zero-order valence-corrected chi connectivity index (χ0v) is 9.42. The van der Waals surface area contributed by atoms with Gasteiger partial charge in [0.05, 0.1) is 18.4 Å². The molecular formula is C10H18O4. The maximum absolute atomic E-state index is 11.2. The van der Waals surface area contributed by atoms with Crippen LogP contribution in [0.15, 0.2) is 0 Å². The summed E-state index contributed by atoms with van der Waals surface area (Å²) in [4.78, 5) is 22.3. The topological polar surface area (TPSA) is 52.6 Å². The Kier molecular flexibility index (Phi) is 4.60. The van der Waals surface area contributed by atoms with Crippen LogP contribution < -0.4 is 0 Å². The number of rotatable bonds is 4. The van der Waals surface area contributed by atoms with Crippen molar-refractivity contribution in [3.8, 4) is 0 Å². The number of hydrogen-bond donors (Lipinski definition) is 0. The molecule has 0 aromatic rings. The van der Waals surface area contributed by atoms with Gasteiger partial charge in [-0.2, -0.15) is 0 Å². The Labute approximate surface area is 84.6 Å².